The second-order valence-corrected chi connectivity index (χ2v) is 6.77. The summed E-state index contributed by atoms with van der Waals surface area (Å²) < 4.78 is 40.5. The number of carbonyl (C=O) groups is 1. The molecule has 1 amide bonds. The second-order valence-electron chi connectivity index (χ2n) is 6.77. The lowest BCUT2D eigenvalue weighted by Gasteiger charge is -2.42. The zero-order valence-corrected chi connectivity index (χ0v) is 14.7. The summed E-state index contributed by atoms with van der Waals surface area (Å²) in [5.41, 5.74) is 3.83. The van der Waals surface area contributed by atoms with Crippen molar-refractivity contribution in [3.05, 3.63) is 41.6 Å². The van der Waals surface area contributed by atoms with E-state index in [1.165, 1.54) is 4.90 Å². The lowest BCUT2D eigenvalue weighted by atomic mass is 9.79. The Labute approximate surface area is 156 Å². The number of fused-ring (bicyclic) bond motifs is 2. The zero-order chi connectivity index (χ0) is 21.8. The minimum absolute atomic E-state index is 0.0463. The molecule has 2 aliphatic rings. The van der Waals surface area contributed by atoms with Gasteiger partial charge in [0.1, 0.15) is 0 Å². The van der Waals surface area contributed by atoms with Gasteiger partial charge >= 0.3 is 0 Å². The number of likely N-dealkylation sites (N-methyl/N-ethyl adjacent to an activating group) is 1. The molecule has 1 aromatic heterocycles. The van der Waals surface area contributed by atoms with Gasteiger partial charge in [-0.25, -0.2) is 0 Å². The zero-order valence-electron chi connectivity index (χ0n) is 19.7. The van der Waals surface area contributed by atoms with Crippen molar-refractivity contribution in [2.24, 2.45) is 5.92 Å². The third-order valence-corrected chi connectivity index (χ3v) is 5.56. The van der Waals surface area contributed by atoms with Crippen molar-refractivity contribution in [2.75, 3.05) is 26.1 Å². The summed E-state index contributed by atoms with van der Waals surface area (Å²) in [6, 6.07) is 5.46. The van der Waals surface area contributed by atoms with E-state index >= 15 is 0 Å². The van der Waals surface area contributed by atoms with E-state index in [4.69, 9.17) is 6.85 Å². The Morgan fingerprint density at radius 3 is 3.04 bits per heavy atom. The number of nitrogens with one attached hydrogen (secondary N) is 1. The first-order chi connectivity index (χ1) is 14.1. The molecular formula is C21H27N3O. The van der Waals surface area contributed by atoms with E-state index < -0.39 is 25.3 Å². The van der Waals surface area contributed by atoms with Gasteiger partial charge < -0.3 is 9.88 Å². The maximum absolute atomic E-state index is 13.2. The van der Waals surface area contributed by atoms with Gasteiger partial charge in [-0.15, -0.1) is 0 Å². The van der Waals surface area contributed by atoms with Gasteiger partial charge in [-0.1, -0.05) is 25.1 Å². The number of hydrogen-bond donors (Lipinski definition) is 1. The first kappa shape index (κ1) is 11.5. The fourth-order valence-corrected chi connectivity index (χ4v) is 4.29. The van der Waals surface area contributed by atoms with Gasteiger partial charge in [-0.05, 0) is 49.5 Å². The minimum atomic E-state index is -2.83. The molecule has 2 atom stereocenters. The lowest BCUT2D eigenvalue weighted by Crippen LogP contribution is -2.49. The molecule has 0 bridgehead atoms. The van der Waals surface area contributed by atoms with Gasteiger partial charge in [-0.2, -0.15) is 0 Å². The molecule has 0 fully saturated rings. The van der Waals surface area contributed by atoms with Crippen LogP contribution in [0.4, 0.5) is 0 Å². The Balaban J connectivity index is 1.87. The van der Waals surface area contributed by atoms with Crippen LogP contribution in [0.1, 0.15) is 38.7 Å². The number of amides is 1. The number of hydrogen-bond acceptors (Lipinski definition) is 2. The van der Waals surface area contributed by atoms with Crippen molar-refractivity contribution in [1.29, 1.82) is 0 Å². The van der Waals surface area contributed by atoms with Crippen molar-refractivity contribution in [1.82, 2.24) is 14.8 Å². The number of aromatic nitrogens is 1. The van der Waals surface area contributed by atoms with E-state index in [0.29, 0.717) is 19.5 Å². The third kappa shape index (κ3) is 2.51. The Morgan fingerprint density at radius 2 is 2.28 bits per heavy atom. The van der Waals surface area contributed by atoms with Gasteiger partial charge in [0.2, 0.25) is 5.91 Å². The van der Waals surface area contributed by atoms with E-state index in [0.717, 1.165) is 27.6 Å². The van der Waals surface area contributed by atoms with Crippen LogP contribution in [0, 0.1) is 5.92 Å². The summed E-state index contributed by atoms with van der Waals surface area (Å²) in [6.07, 6.45) is 4.37. The van der Waals surface area contributed by atoms with Gasteiger partial charge in [-0.3, -0.25) is 9.69 Å². The summed E-state index contributed by atoms with van der Waals surface area (Å²) in [5.74, 6) is -0.686. The maximum atomic E-state index is 13.2. The molecule has 0 radical (unpaired) electrons. The Hall–Kier alpha value is -2.07. The highest BCUT2D eigenvalue weighted by molar-refractivity contribution is 5.99. The van der Waals surface area contributed by atoms with Crippen molar-refractivity contribution >= 4 is 22.4 Å². The number of aromatic amines is 1. The van der Waals surface area contributed by atoms with E-state index in [-0.39, 0.29) is 12.5 Å². The summed E-state index contributed by atoms with van der Waals surface area (Å²) in [5, 5.41) is 1.07. The molecule has 132 valence electrons. The number of rotatable bonds is 4. The minimum Gasteiger partial charge on any atom is -0.361 e. The van der Waals surface area contributed by atoms with E-state index in [1.54, 1.807) is 4.90 Å². The molecule has 25 heavy (non-hydrogen) atoms. The molecule has 4 heteroatoms. The fourth-order valence-electron chi connectivity index (χ4n) is 4.29. The monoisotopic (exact) mass is 342 g/mol. The van der Waals surface area contributed by atoms with Gasteiger partial charge in [0, 0.05) is 49.6 Å². The molecule has 1 aromatic carbocycles. The molecule has 1 aliphatic heterocycles. The molecule has 0 unspecified atom stereocenters. The highest BCUT2D eigenvalue weighted by Crippen LogP contribution is 2.41. The highest BCUT2D eigenvalue weighted by Gasteiger charge is 2.37. The van der Waals surface area contributed by atoms with Crippen molar-refractivity contribution in [3.8, 4) is 0 Å². The second kappa shape index (κ2) is 6.34. The lowest BCUT2D eigenvalue weighted by molar-refractivity contribution is -0.134. The average molecular weight is 342 g/mol. The molecule has 1 aliphatic carbocycles. The Kier molecular flexibility index (Phi) is 2.92. The first-order valence-corrected chi connectivity index (χ1v) is 8.96. The highest BCUT2D eigenvalue weighted by atomic mass is 16.2. The first-order valence-electron chi connectivity index (χ1n) is 11.5. The largest absolute Gasteiger partial charge is 0.361 e. The summed E-state index contributed by atoms with van der Waals surface area (Å²) in [4.78, 5) is 19.6. The Bertz CT molecular complexity index is 1010. The van der Waals surface area contributed by atoms with Gasteiger partial charge in [0.15, 0.2) is 0 Å². The van der Waals surface area contributed by atoms with Gasteiger partial charge in [0.05, 0.1) is 5.92 Å². The predicted octanol–water partition coefficient (Wildman–Crippen LogP) is 3.30. The molecule has 2 heterocycles. The van der Waals surface area contributed by atoms with Crippen LogP contribution >= 0.6 is 0 Å². The van der Waals surface area contributed by atoms with Crippen LogP contribution in [0.15, 0.2) is 30.5 Å². The number of carbonyl (C=O) groups excluding carboxylic acids is 1. The predicted molar refractivity (Wildman–Crippen MR) is 102 cm³/mol. The smallest absolute Gasteiger partial charge is 0.230 e. The van der Waals surface area contributed by atoms with Gasteiger partial charge in [0.25, 0.3) is 0 Å². The van der Waals surface area contributed by atoms with E-state index in [2.05, 4.69) is 4.98 Å². The molecule has 4 nitrogen and oxygen atoms in total. The van der Waals surface area contributed by atoms with Crippen LogP contribution in [-0.4, -0.2) is 52.9 Å². The maximum Gasteiger partial charge on any atom is 0.230 e. The summed E-state index contributed by atoms with van der Waals surface area (Å²) >= 11 is 0. The van der Waals surface area contributed by atoms with E-state index in [9.17, 15) is 4.79 Å². The van der Waals surface area contributed by atoms with Crippen LogP contribution in [-0.2, 0) is 11.2 Å². The molecule has 1 N–H and O–H groups in total. The molecular weight excluding hydrogens is 310 g/mol. The third-order valence-electron chi connectivity index (χ3n) is 5.56. The van der Waals surface area contributed by atoms with Crippen LogP contribution in [0.5, 0.6) is 0 Å². The van der Waals surface area contributed by atoms with Crippen LogP contribution in [0.25, 0.3) is 16.5 Å². The van der Waals surface area contributed by atoms with Crippen molar-refractivity contribution < 1.29 is 11.6 Å². The average Bonchev–Trinajstić information content (AvgIpc) is 3.11. The summed E-state index contributed by atoms with van der Waals surface area (Å²) in [7, 11) is 0. The molecule has 0 spiro atoms. The molecule has 0 saturated heterocycles. The number of nitrogens with zero attached hydrogens (tertiary/aromatic N) is 2. The van der Waals surface area contributed by atoms with Crippen LogP contribution < -0.4 is 0 Å². The van der Waals surface area contributed by atoms with Crippen molar-refractivity contribution in [3.63, 3.8) is 0 Å². The fraction of sp³-hybridized carbons (Fsp3) is 0.476. The Morgan fingerprint density at radius 1 is 1.44 bits per heavy atom. The molecule has 4 rings (SSSR count). The molecule has 2 aromatic rings. The summed E-state index contributed by atoms with van der Waals surface area (Å²) in [6.45, 7) is -0.404. The molecule has 0 saturated carbocycles. The van der Waals surface area contributed by atoms with Crippen LogP contribution in [0.2, 0.25) is 0 Å². The normalized spacial score (nSPS) is 26.6. The number of H-pyrrole nitrogens is 1. The quantitative estimate of drug-likeness (QED) is 0.926. The number of benzene rings is 1. The SMILES string of the molecule is [2H]C([2H])([2H])C([2H])([2H])N1C[C@H](C(=O)N(CC)CC)C=C2c3cccc4[nH]cc(c34)C[C@H]21. The van der Waals surface area contributed by atoms with Crippen molar-refractivity contribution in [2.45, 2.75) is 33.2 Å². The standard InChI is InChI=1S/C21H27N3O/c1-4-23(5-2)21(25)15-10-17-16-8-7-9-18-20(16)14(12-22-18)11-19(17)24(6-3)13-15/h7-10,12,15,19,22H,4-6,11,13H2,1-3H3/t15-,19-/m1/s1/i3D3,6D2. The topological polar surface area (TPSA) is 39.3 Å². The van der Waals surface area contributed by atoms with E-state index in [1.807, 2.05) is 44.3 Å². The van der Waals surface area contributed by atoms with Crippen LogP contribution in [0.3, 0.4) is 0 Å².